The predicted molar refractivity (Wildman–Crippen MR) is 84.9 cm³/mol. The molecule has 3 heteroatoms. The molecule has 0 saturated heterocycles. The number of hydrogen-bond acceptors (Lipinski definition) is 1. The fourth-order valence-electron chi connectivity index (χ4n) is 3.89. The average molecular weight is 364 g/mol. The van der Waals surface area contributed by atoms with Gasteiger partial charge in [-0.05, 0) is 65.3 Å². The van der Waals surface area contributed by atoms with Crippen LogP contribution in [-0.2, 0) is 0 Å². The Hall–Kier alpha value is -0.840. The summed E-state index contributed by atoms with van der Waals surface area (Å²) in [5.41, 5.74) is 2.56. The van der Waals surface area contributed by atoms with E-state index in [1.54, 1.807) is 0 Å². The van der Waals surface area contributed by atoms with Crippen LogP contribution >= 0.6 is 22.6 Å². The van der Waals surface area contributed by atoms with Crippen molar-refractivity contribution in [1.29, 1.82) is 0 Å². The van der Waals surface area contributed by atoms with Gasteiger partial charge in [-0.3, -0.25) is 4.68 Å². The third-order valence-corrected chi connectivity index (χ3v) is 5.77. The van der Waals surface area contributed by atoms with Crippen molar-refractivity contribution in [3.8, 4) is 11.1 Å². The van der Waals surface area contributed by atoms with Gasteiger partial charge in [0, 0.05) is 15.3 Å². The van der Waals surface area contributed by atoms with E-state index in [4.69, 9.17) is 0 Å². The first-order chi connectivity index (χ1) is 9.31. The van der Waals surface area contributed by atoms with Crippen LogP contribution in [0.25, 0.3) is 11.1 Å². The molecule has 4 rings (SSSR count). The second-order valence-electron chi connectivity index (χ2n) is 5.93. The molecular weight excluding hydrogens is 347 g/mol. The summed E-state index contributed by atoms with van der Waals surface area (Å²) in [7, 11) is 0. The van der Waals surface area contributed by atoms with Crippen LogP contribution in [0.4, 0.5) is 0 Å². The summed E-state index contributed by atoms with van der Waals surface area (Å²) in [4.78, 5) is 0. The molecule has 2 nitrogen and oxygen atoms in total. The Kier molecular flexibility index (Phi) is 2.90. The SMILES string of the molecule is Ic1ccccc1-c1cnn(C2CC3CCC2C3)c1. The summed E-state index contributed by atoms with van der Waals surface area (Å²) in [6.07, 6.45) is 9.92. The Labute approximate surface area is 127 Å². The first-order valence-corrected chi connectivity index (χ1v) is 8.18. The minimum Gasteiger partial charge on any atom is -0.269 e. The van der Waals surface area contributed by atoms with Gasteiger partial charge in [-0.25, -0.2) is 0 Å². The van der Waals surface area contributed by atoms with E-state index in [0.717, 1.165) is 11.8 Å². The van der Waals surface area contributed by atoms with Crippen LogP contribution in [0.2, 0.25) is 0 Å². The van der Waals surface area contributed by atoms with Gasteiger partial charge in [0.1, 0.15) is 0 Å². The highest BCUT2D eigenvalue weighted by atomic mass is 127. The normalized spacial score (nSPS) is 29.0. The number of fused-ring (bicyclic) bond motifs is 2. The number of halogens is 1. The molecule has 1 aromatic carbocycles. The van der Waals surface area contributed by atoms with E-state index in [9.17, 15) is 0 Å². The first-order valence-electron chi connectivity index (χ1n) is 7.10. The lowest BCUT2D eigenvalue weighted by atomic mass is 9.95. The van der Waals surface area contributed by atoms with Gasteiger partial charge in [-0.2, -0.15) is 5.10 Å². The zero-order chi connectivity index (χ0) is 12.8. The van der Waals surface area contributed by atoms with Gasteiger partial charge < -0.3 is 0 Å². The van der Waals surface area contributed by atoms with Crippen molar-refractivity contribution >= 4 is 22.6 Å². The molecule has 1 aromatic heterocycles. The molecule has 0 amide bonds. The molecule has 2 fully saturated rings. The molecule has 2 aromatic rings. The fraction of sp³-hybridized carbons (Fsp3) is 0.438. The molecule has 0 radical (unpaired) electrons. The molecule has 0 aliphatic heterocycles. The molecule has 0 N–H and O–H groups in total. The Morgan fingerprint density at radius 2 is 2.05 bits per heavy atom. The third kappa shape index (κ3) is 2.02. The number of hydrogen-bond donors (Lipinski definition) is 0. The second-order valence-corrected chi connectivity index (χ2v) is 7.09. The number of aromatic nitrogens is 2. The molecule has 3 unspecified atom stereocenters. The lowest BCUT2D eigenvalue weighted by Crippen LogP contribution is -2.16. The third-order valence-electron chi connectivity index (χ3n) is 4.83. The van der Waals surface area contributed by atoms with Gasteiger partial charge in [0.05, 0.1) is 12.2 Å². The highest BCUT2D eigenvalue weighted by Gasteiger charge is 2.40. The average Bonchev–Trinajstić information content (AvgIpc) is 3.15. The minimum atomic E-state index is 0.661. The standard InChI is InChI=1S/C16H17IN2/c17-15-4-2-1-3-14(15)13-9-18-19(10-13)16-8-11-5-6-12(16)7-11/h1-4,9-12,16H,5-8H2. The molecule has 2 bridgehead atoms. The van der Waals surface area contributed by atoms with Gasteiger partial charge in [-0.1, -0.05) is 24.6 Å². The molecule has 1 heterocycles. The summed E-state index contributed by atoms with van der Waals surface area (Å²) in [6, 6.07) is 9.20. The maximum atomic E-state index is 4.65. The summed E-state index contributed by atoms with van der Waals surface area (Å²) < 4.78 is 3.54. The molecule has 3 atom stereocenters. The molecule has 98 valence electrons. The highest BCUT2D eigenvalue weighted by Crippen LogP contribution is 2.50. The summed E-state index contributed by atoms with van der Waals surface area (Å²) in [5.74, 6) is 1.85. The molecule has 2 aliphatic carbocycles. The molecular formula is C16H17IN2. The quantitative estimate of drug-likeness (QED) is 0.717. The maximum absolute atomic E-state index is 4.65. The maximum Gasteiger partial charge on any atom is 0.0568 e. The van der Waals surface area contributed by atoms with Crippen molar-refractivity contribution in [3.05, 3.63) is 40.2 Å². The van der Waals surface area contributed by atoms with E-state index in [1.807, 2.05) is 6.20 Å². The van der Waals surface area contributed by atoms with Gasteiger partial charge >= 0.3 is 0 Å². The van der Waals surface area contributed by atoms with Crippen molar-refractivity contribution in [3.63, 3.8) is 0 Å². The van der Waals surface area contributed by atoms with Crippen molar-refractivity contribution in [2.24, 2.45) is 11.8 Å². The van der Waals surface area contributed by atoms with Crippen LogP contribution in [0.3, 0.4) is 0 Å². The lowest BCUT2D eigenvalue weighted by molar-refractivity contribution is 0.307. The summed E-state index contributed by atoms with van der Waals surface area (Å²) in [6.45, 7) is 0. The van der Waals surface area contributed by atoms with E-state index in [1.165, 1.54) is 40.4 Å². The van der Waals surface area contributed by atoms with Crippen LogP contribution in [0, 0.1) is 15.4 Å². The monoisotopic (exact) mass is 364 g/mol. The fourth-order valence-corrected chi connectivity index (χ4v) is 4.59. The number of nitrogens with zero attached hydrogens (tertiary/aromatic N) is 2. The molecule has 2 aliphatic rings. The summed E-state index contributed by atoms with van der Waals surface area (Å²) in [5, 5.41) is 4.65. The van der Waals surface area contributed by atoms with Gasteiger partial charge in [0.15, 0.2) is 0 Å². The molecule has 19 heavy (non-hydrogen) atoms. The van der Waals surface area contributed by atoms with E-state index < -0.39 is 0 Å². The Bertz CT molecular complexity index is 604. The summed E-state index contributed by atoms with van der Waals surface area (Å²) >= 11 is 2.40. The Morgan fingerprint density at radius 3 is 2.79 bits per heavy atom. The van der Waals surface area contributed by atoms with Crippen LogP contribution in [0.15, 0.2) is 36.7 Å². The zero-order valence-corrected chi connectivity index (χ0v) is 13.0. The van der Waals surface area contributed by atoms with Crippen LogP contribution < -0.4 is 0 Å². The van der Waals surface area contributed by atoms with E-state index in [2.05, 4.69) is 62.8 Å². The Balaban J connectivity index is 1.65. The van der Waals surface area contributed by atoms with Gasteiger partial charge in [0.25, 0.3) is 0 Å². The van der Waals surface area contributed by atoms with Crippen LogP contribution in [-0.4, -0.2) is 9.78 Å². The molecule has 0 spiro atoms. The predicted octanol–water partition coefficient (Wildman–Crippen LogP) is 4.52. The van der Waals surface area contributed by atoms with Gasteiger partial charge in [0.2, 0.25) is 0 Å². The van der Waals surface area contributed by atoms with Crippen LogP contribution in [0.5, 0.6) is 0 Å². The smallest absolute Gasteiger partial charge is 0.0568 e. The topological polar surface area (TPSA) is 17.8 Å². The zero-order valence-electron chi connectivity index (χ0n) is 10.8. The number of rotatable bonds is 2. The largest absolute Gasteiger partial charge is 0.269 e. The van der Waals surface area contributed by atoms with Crippen molar-refractivity contribution < 1.29 is 0 Å². The van der Waals surface area contributed by atoms with Crippen molar-refractivity contribution in [2.75, 3.05) is 0 Å². The van der Waals surface area contributed by atoms with E-state index in [-0.39, 0.29) is 0 Å². The molecule has 2 saturated carbocycles. The van der Waals surface area contributed by atoms with E-state index in [0.29, 0.717) is 6.04 Å². The van der Waals surface area contributed by atoms with E-state index >= 15 is 0 Å². The first kappa shape index (κ1) is 11.9. The second kappa shape index (κ2) is 4.62. The number of benzene rings is 1. The lowest BCUT2D eigenvalue weighted by Gasteiger charge is -2.21. The minimum absolute atomic E-state index is 0.661. The van der Waals surface area contributed by atoms with Gasteiger partial charge in [-0.15, -0.1) is 0 Å². The van der Waals surface area contributed by atoms with Crippen LogP contribution in [0.1, 0.15) is 31.7 Å². The van der Waals surface area contributed by atoms with Crippen molar-refractivity contribution in [2.45, 2.75) is 31.7 Å². The van der Waals surface area contributed by atoms with Crippen molar-refractivity contribution in [1.82, 2.24) is 9.78 Å². The Morgan fingerprint density at radius 1 is 1.16 bits per heavy atom. The highest BCUT2D eigenvalue weighted by molar-refractivity contribution is 14.1.